The molecule has 10 aromatic rings. The Morgan fingerprint density at radius 1 is 0.375 bits per heavy atom. The second-order valence-corrected chi connectivity index (χ2v) is 12.0. The van der Waals surface area contributed by atoms with Crippen molar-refractivity contribution in [1.29, 1.82) is 0 Å². The number of hydrogen-bond acceptors (Lipinski definition) is 0. The van der Waals surface area contributed by atoms with Crippen LogP contribution in [-0.2, 0) is 32.7 Å². The molecule has 4 heteroatoms. The third kappa shape index (κ3) is 4.28. The predicted octanol–water partition coefficient (Wildman–Crippen LogP) is 11.1. The quantitative estimate of drug-likeness (QED) is 0.164. The van der Waals surface area contributed by atoms with E-state index in [4.69, 9.17) is 0 Å². The maximum atomic E-state index is 3.81. The molecule has 0 bridgehead atoms. The van der Waals surface area contributed by atoms with Gasteiger partial charge in [-0.05, 0) is 48.1 Å². The monoisotopic (exact) mass is 686 g/mol. The smallest absolute Gasteiger partial charge is 0.0548 e. The van der Waals surface area contributed by atoms with Crippen molar-refractivity contribution in [2.75, 3.05) is 0 Å². The van der Waals surface area contributed by atoms with Gasteiger partial charge < -0.3 is 13.7 Å². The van der Waals surface area contributed by atoms with E-state index in [1.807, 2.05) is 0 Å². The summed E-state index contributed by atoms with van der Waals surface area (Å²) in [5.41, 5.74) is 11.2. The molecule has 3 heterocycles. The Labute approximate surface area is 303 Å². The fourth-order valence-electron chi connectivity index (χ4n) is 7.47. The van der Waals surface area contributed by atoms with Crippen molar-refractivity contribution in [3.63, 3.8) is 0 Å². The summed E-state index contributed by atoms with van der Waals surface area (Å²) >= 11 is 0. The first-order valence-electron chi connectivity index (χ1n) is 16.0. The second kappa shape index (κ2) is 11.5. The summed E-state index contributed by atoms with van der Waals surface area (Å²) in [5, 5.41) is 6.18. The van der Waals surface area contributed by atoms with Crippen LogP contribution in [0.2, 0.25) is 0 Å². The van der Waals surface area contributed by atoms with Gasteiger partial charge in [0.15, 0.2) is 0 Å². The number of aromatic nitrogens is 3. The van der Waals surface area contributed by atoms with Crippen LogP contribution in [0.3, 0.4) is 0 Å². The molecule has 0 fully saturated rings. The molecular formula is C44H27N3Y-2. The molecule has 48 heavy (non-hydrogen) atoms. The Hall–Kier alpha value is -5.22. The first-order chi connectivity index (χ1) is 23.3. The molecule has 3 aromatic heterocycles. The van der Waals surface area contributed by atoms with Gasteiger partial charge in [0.2, 0.25) is 0 Å². The molecule has 0 spiro atoms. The summed E-state index contributed by atoms with van der Waals surface area (Å²) in [5.74, 6) is 0. The molecule has 0 aliphatic rings. The fraction of sp³-hybridized carbons (Fsp3) is 0. The van der Waals surface area contributed by atoms with Crippen molar-refractivity contribution >= 4 is 54.5 Å². The maximum Gasteiger partial charge on any atom is 0.0548 e. The van der Waals surface area contributed by atoms with Gasteiger partial charge in [-0.1, -0.05) is 131 Å². The van der Waals surface area contributed by atoms with Crippen LogP contribution in [0.1, 0.15) is 0 Å². The third-order valence-electron chi connectivity index (χ3n) is 9.43. The van der Waals surface area contributed by atoms with Crippen LogP contribution < -0.4 is 0 Å². The number of fused-ring (bicyclic) bond motifs is 8. The van der Waals surface area contributed by atoms with Gasteiger partial charge in [-0.2, -0.15) is 18.2 Å². The van der Waals surface area contributed by atoms with Crippen LogP contribution in [0.25, 0.3) is 82.7 Å². The van der Waals surface area contributed by atoms with Crippen LogP contribution in [-0.4, -0.2) is 13.7 Å². The number of benzene rings is 7. The second-order valence-electron chi connectivity index (χ2n) is 12.0. The molecule has 10 rings (SSSR count). The molecule has 0 unspecified atom stereocenters. The molecule has 0 aliphatic heterocycles. The van der Waals surface area contributed by atoms with Gasteiger partial charge in [-0.15, -0.1) is 11.8 Å². The molecule has 0 saturated carbocycles. The van der Waals surface area contributed by atoms with E-state index < -0.39 is 0 Å². The van der Waals surface area contributed by atoms with Gasteiger partial charge in [0.25, 0.3) is 0 Å². The molecule has 7 aromatic carbocycles. The summed E-state index contributed by atoms with van der Waals surface area (Å²) in [4.78, 5) is 0. The van der Waals surface area contributed by atoms with E-state index in [-0.39, 0.29) is 32.7 Å². The number of rotatable bonds is 4. The first kappa shape index (κ1) is 29.0. The minimum Gasteiger partial charge on any atom is -0.439 e. The molecule has 0 saturated heterocycles. The van der Waals surface area contributed by atoms with Crippen LogP contribution in [0.5, 0.6) is 0 Å². The normalized spacial score (nSPS) is 11.6. The maximum absolute atomic E-state index is 3.81. The van der Waals surface area contributed by atoms with E-state index in [1.165, 1.54) is 38.0 Å². The van der Waals surface area contributed by atoms with E-state index in [2.05, 4.69) is 190 Å². The summed E-state index contributed by atoms with van der Waals surface area (Å²) in [6.45, 7) is 0. The third-order valence-corrected chi connectivity index (χ3v) is 9.43. The van der Waals surface area contributed by atoms with Gasteiger partial charge in [-0.25, -0.2) is 0 Å². The summed E-state index contributed by atoms with van der Waals surface area (Å²) in [6, 6.07) is 62.0. The average Bonchev–Trinajstić information content (AvgIpc) is 3.80. The van der Waals surface area contributed by atoms with Crippen molar-refractivity contribution in [1.82, 2.24) is 13.7 Å². The SMILES string of the molecule is [Y].[c-]1c(-n2[c-]c(-c3ccccc3)c3ccccc32)cccc1-n1c2ccccc2c2c3c4ccccc4n(-c4ccccc4)c3ccc21. The Morgan fingerprint density at radius 2 is 0.896 bits per heavy atom. The minimum absolute atomic E-state index is 0. The standard InChI is InChI=1S/C44H27N3.Y/c1-3-14-30(15-4-1)37-29-45(38-23-10-7-20-34(37)38)32-18-13-19-33(28-32)47-40-25-12-9-22-36(40)44-42(47)27-26-41-43(44)35-21-8-11-24-39(35)46(41)31-16-5-2-6-17-31;/h1-27H;/q-2;. The molecule has 0 N–H and O–H groups in total. The Bertz CT molecular complexity index is 2790. The van der Waals surface area contributed by atoms with Crippen molar-refractivity contribution in [2.24, 2.45) is 0 Å². The Kier molecular flexibility index (Phi) is 6.93. The average molecular weight is 687 g/mol. The summed E-state index contributed by atoms with van der Waals surface area (Å²) in [6.07, 6.45) is 3.71. The fourth-order valence-corrected chi connectivity index (χ4v) is 7.47. The van der Waals surface area contributed by atoms with Crippen molar-refractivity contribution in [3.05, 3.63) is 176 Å². The van der Waals surface area contributed by atoms with Crippen LogP contribution >= 0.6 is 0 Å². The molecule has 0 aliphatic carbocycles. The van der Waals surface area contributed by atoms with Gasteiger partial charge in [-0.3, -0.25) is 0 Å². The Morgan fingerprint density at radius 3 is 1.58 bits per heavy atom. The molecule has 0 amide bonds. The Balaban J connectivity index is 0.00000314. The van der Waals surface area contributed by atoms with E-state index in [9.17, 15) is 0 Å². The molecular weight excluding hydrogens is 659 g/mol. The van der Waals surface area contributed by atoms with E-state index >= 15 is 0 Å². The molecule has 223 valence electrons. The molecule has 3 nitrogen and oxygen atoms in total. The van der Waals surface area contributed by atoms with E-state index in [0.29, 0.717) is 0 Å². The van der Waals surface area contributed by atoms with Crippen LogP contribution in [0, 0.1) is 12.3 Å². The van der Waals surface area contributed by atoms with Crippen molar-refractivity contribution < 1.29 is 32.7 Å². The van der Waals surface area contributed by atoms with Crippen LogP contribution in [0.4, 0.5) is 0 Å². The van der Waals surface area contributed by atoms with Gasteiger partial charge in [0, 0.05) is 59.9 Å². The zero-order valence-corrected chi connectivity index (χ0v) is 28.8. The molecule has 1 radical (unpaired) electrons. The summed E-state index contributed by atoms with van der Waals surface area (Å²) in [7, 11) is 0. The van der Waals surface area contributed by atoms with Gasteiger partial charge >= 0.3 is 0 Å². The minimum atomic E-state index is 0. The zero-order chi connectivity index (χ0) is 30.9. The predicted molar refractivity (Wildman–Crippen MR) is 195 cm³/mol. The zero-order valence-electron chi connectivity index (χ0n) is 26.0. The topological polar surface area (TPSA) is 14.8 Å². The number of para-hydroxylation sites is 4. The van der Waals surface area contributed by atoms with Crippen LogP contribution in [0.15, 0.2) is 164 Å². The largest absolute Gasteiger partial charge is 0.439 e. The first-order valence-corrected chi connectivity index (χ1v) is 16.0. The van der Waals surface area contributed by atoms with E-state index in [1.54, 1.807) is 0 Å². The number of nitrogens with zero attached hydrogens (tertiary/aromatic N) is 3. The van der Waals surface area contributed by atoms with Gasteiger partial charge in [0.05, 0.1) is 22.1 Å². The number of hydrogen-bond donors (Lipinski definition) is 0. The molecule has 0 atom stereocenters. The van der Waals surface area contributed by atoms with Crippen molar-refractivity contribution in [2.45, 2.75) is 0 Å². The van der Waals surface area contributed by atoms with Crippen molar-refractivity contribution in [3.8, 4) is 28.2 Å². The van der Waals surface area contributed by atoms with E-state index in [0.717, 1.165) is 44.7 Å². The van der Waals surface area contributed by atoms with Gasteiger partial charge in [0.1, 0.15) is 0 Å². The summed E-state index contributed by atoms with van der Waals surface area (Å²) < 4.78 is 6.91.